The van der Waals surface area contributed by atoms with Crippen LogP contribution >= 0.6 is 39.1 Å². The molecule has 300 valence electrons. The number of terminal acetylenes is 1. The number of phosphoric ester groups is 5. The number of unbranched alkanes of at least 4 members (excludes halogenated alkanes) is 2. The van der Waals surface area contributed by atoms with Crippen LogP contribution in [0.25, 0.3) is 0 Å². The van der Waals surface area contributed by atoms with Crippen molar-refractivity contribution < 1.29 is 102 Å². The molecule has 6 N–H and O–H groups in total. The highest BCUT2D eigenvalue weighted by Crippen LogP contribution is 2.47. The first-order valence-electron chi connectivity index (χ1n) is 15.6. The van der Waals surface area contributed by atoms with Crippen LogP contribution in [0.4, 0.5) is 0 Å². The molecule has 8 atom stereocenters. The fraction of sp³-hybridized carbons (Fsp3) is 0.913. The van der Waals surface area contributed by atoms with E-state index in [-0.39, 0.29) is 71.1 Å². The predicted molar refractivity (Wildman–Crippen MR) is 178 cm³/mol. The maximum absolute atomic E-state index is 11.9. The van der Waals surface area contributed by atoms with Crippen LogP contribution in [0.2, 0.25) is 5.82 Å². The van der Waals surface area contributed by atoms with Crippen LogP contribution in [-0.2, 0) is 72.8 Å². The Morgan fingerprint density at radius 2 is 0.843 bits per heavy atom. The van der Waals surface area contributed by atoms with Crippen molar-refractivity contribution in [3.63, 3.8) is 0 Å². The largest absolute Gasteiger partial charge is 0.472 e. The number of ether oxygens (including phenoxy) is 1. The third-order valence-corrected chi connectivity index (χ3v) is 11.2. The third-order valence-electron chi connectivity index (χ3n) is 6.10. The van der Waals surface area contributed by atoms with Crippen LogP contribution < -0.4 is 0 Å². The maximum Gasteiger partial charge on any atom is 0.472 e. The molecule has 1 saturated heterocycles. The number of aliphatic hydroxyl groups is 1. The Morgan fingerprint density at radius 1 is 0.549 bits per heavy atom. The molecule has 0 amide bonds. The number of hydrogen-bond acceptors (Lipinski definition) is 17. The number of phosphoric acid groups is 5. The normalized spacial score (nSPS) is 23.7. The van der Waals surface area contributed by atoms with Gasteiger partial charge >= 0.3 is 39.1 Å². The van der Waals surface area contributed by atoms with Crippen molar-refractivity contribution in [3.05, 3.63) is 0 Å². The summed E-state index contributed by atoms with van der Waals surface area (Å²) in [4.78, 5) is 48.3. The van der Waals surface area contributed by atoms with Gasteiger partial charge in [-0.3, -0.25) is 45.2 Å². The molecular formula is C23H48BO22P5. The van der Waals surface area contributed by atoms with E-state index in [0.29, 0.717) is 19.3 Å². The van der Waals surface area contributed by atoms with E-state index in [4.69, 9.17) is 56.4 Å². The summed E-state index contributed by atoms with van der Waals surface area (Å²) in [5.74, 6) is 2.27. The van der Waals surface area contributed by atoms with Crippen LogP contribution in [0.3, 0.4) is 0 Å². The van der Waals surface area contributed by atoms with Crippen LogP contribution in [0.5, 0.6) is 0 Å². The summed E-state index contributed by atoms with van der Waals surface area (Å²) in [5, 5.41) is 9.87. The highest BCUT2D eigenvalue weighted by Gasteiger charge is 2.35. The van der Waals surface area contributed by atoms with Crippen molar-refractivity contribution in [2.75, 3.05) is 72.7 Å². The van der Waals surface area contributed by atoms with Gasteiger partial charge < -0.3 is 34.3 Å². The minimum absolute atomic E-state index is 0.0309. The lowest BCUT2D eigenvalue weighted by Crippen LogP contribution is -2.28. The molecule has 1 rings (SSSR count). The van der Waals surface area contributed by atoms with Gasteiger partial charge in [-0.2, -0.15) is 0 Å². The summed E-state index contributed by atoms with van der Waals surface area (Å²) in [7, 11) is -20.6. The molecule has 22 nitrogen and oxygen atoms in total. The van der Waals surface area contributed by atoms with Crippen LogP contribution in [0.15, 0.2) is 0 Å². The third kappa shape index (κ3) is 25.7. The van der Waals surface area contributed by atoms with E-state index in [1.54, 1.807) is 7.85 Å². The van der Waals surface area contributed by atoms with Gasteiger partial charge in [0.2, 0.25) is 0 Å². The summed E-state index contributed by atoms with van der Waals surface area (Å²) in [6.07, 6.45) is 4.66. The molecule has 1 aliphatic heterocycles. The van der Waals surface area contributed by atoms with Gasteiger partial charge in [-0.15, -0.1) is 12.3 Å². The van der Waals surface area contributed by atoms with Gasteiger partial charge in [-0.25, -0.2) is 22.8 Å². The highest BCUT2D eigenvalue weighted by molar-refractivity contribution is 7.48. The van der Waals surface area contributed by atoms with E-state index in [1.165, 1.54) is 0 Å². The fourth-order valence-corrected chi connectivity index (χ4v) is 7.47. The van der Waals surface area contributed by atoms with Gasteiger partial charge in [0.25, 0.3) is 0 Å². The van der Waals surface area contributed by atoms with E-state index in [1.807, 2.05) is 0 Å². The molecule has 8 unspecified atom stereocenters. The average molecular weight is 842 g/mol. The van der Waals surface area contributed by atoms with Crippen molar-refractivity contribution in [2.24, 2.45) is 0 Å². The predicted octanol–water partition coefficient (Wildman–Crippen LogP) is 2.20. The van der Waals surface area contributed by atoms with Gasteiger partial charge in [0.1, 0.15) is 14.0 Å². The van der Waals surface area contributed by atoms with Crippen molar-refractivity contribution in [2.45, 2.75) is 63.0 Å². The standard InChI is InChI=1S/C23H48BO22P5/c1-2-3-4-5-10-37-47(26,27)38-11-6-12-39-48(28,29)40-13-7-14-41-49(30,31)42-15-8-16-43-50(32,33)44-17-9-18-45-51(34,35)46-20-22-23(25)21(24)19-36-22/h1,21-23,25H,3-20,24H2,(H,26,27)(H,28,29)(H,30,31)(H,32,33)(H,34,35). The van der Waals surface area contributed by atoms with Gasteiger partial charge in [-0.05, 0) is 44.3 Å². The monoisotopic (exact) mass is 842 g/mol. The molecular weight excluding hydrogens is 794 g/mol. The maximum atomic E-state index is 11.9. The summed E-state index contributed by atoms with van der Waals surface area (Å²) < 4.78 is 112. The van der Waals surface area contributed by atoms with E-state index < -0.39 is 84.4 Å². The Labute approximate surface area is 297 Å². The Balaban J connectivity index is 2.08. The molecule has 0 radical (unpaired) electrons. The molecule has 0 aromatic carbocycles. The average Bonchev–Trinajstić information content (AvgIpc) is 3.35. The summed E-state index contributed by atoms with van der Waals surface area (Å²) in [5.41, 5.74) is 0. The zero-order chi connectivity index (χ0) is 38.4. The molecule has 1 fully saturated rings. The van der Waals surface area contributed by atoms with Crippen molar-refractivity contribution in [3.8, 4) is 12.3 Å². The Kier molecular flexibility index (Phi) is 24.4. The summed E-state index contributed by atoms with van der Waals surface area (Å²) >= 11 is 0. The lowest BCUT2D eigenvalue weighted by Gasteiger charge is -2.18. The van der Waals surface area contributed by atoms with E-state index in [2.05, 4.69) is 5.92 Å². The first-order chi connectivity index (χ1) is 23.8. The number of aliphatic hydroxyl groups excluding tert-OH is 1. The Hall–Kier alpha value is 0.0949. The molecule has 28 heteroatoms. The summed E-state index contributed by atoms with van der Waals surface area (Å²) in [6.45, 7) is -3.28. The quantitative estimate of drug-likeness (QED) is 0.0245. The van der Waals surface area contributed by atoms with Crippen molar-refractivity contribution >= 4 is 47.0 Å². The SMILES string of the molecule is BC1COC(COP(=O)(O)OCCCOP(=O)(O)OCCCOP(=O)(O)OCCCOP(=O)(O)OCCCOP(=O)(O)OCCCCC#C)C1O. The molecule has 1 aliphatic rings. The van der Waals surface area contributed by atoms with Crippen LogP contribution in [0, 0.1) is 12.3 Å². The zero-order valence-electron chi connectivity index (χ0n) is 28.0. The second-order valence-electron chi connectivity index (χ2n) is 10.6. The fourth-order valence-electron chi connectivity index (χ4n) is 3.52. The Morgan fingerprint density at radius 3 is 1.12 bits per heavy atom. The molecule has 0 spiro atoms. The minimum atomic E-state index is -4.56. The van der Waals surface area contributed by atoms with Gasteiger partial charge in [0.15, 0.2) is 0 Å². The molecule has 0 saturated carbocycles. The second kappa shape index (κ2) is 25.3. The van der Waals surface area contributed by atoms with Gasteiger partial charge in [0.05, 0.1) is 72.2 Å². The first-order valence-corrected chi connectivity index (χ1v) is 23.1. The van der Waals surface area contributed by atoms with Crippen molar-refractivity contribution in [1.82, 2.24) is 0 Å². The highest BCUT2D eigenvalue weighted by atomic mass is 31.2. The van der Waals surface area contributed by atoms with Gasteiger partial charge in [0, 0.05) is 13.0 Å². The molecule has 0 aliphatic carbocycles. The van der Waals surface area contributed by atoms with E-state index in [0.717, 1.165) is 0 Å². The van der Waals surface area contributed by atoms with Gasteiger partial charge in [-0.1, -0.05) is 0 Å². The van der Waals surface area contributed by atoms with E-state index in [9.17, 15) is 52.4 Å². The zero-order valence-corrected chi connectivity index (χ0v) is 32.5. The summed E-state index contributed by atoms with van der Waals surface area (Å²) in [6, 6.07) is 0. The number of rotatable bonds is 32. The molecule has 51 heavy (non-hydrogen) atoms. The molecule has 1 heterocycles. The Bertz CT molecular complexity index is 1270. The molecule has 0 aromatic heterocycles. The molecule has 0 bridgehead atoms. The topological polar surface area (TPSA) is 308 Å². The van der Waals surface area contributed by atoms with Crippen LogP contribution in [-0.4, -0.2) is 122 Å². The van der Waals surface area contributed by atoms with Crippen LogP contribution in [0.1, 0.15) is 44.9 Å². The van der Waals surface area contributed by atoms with Crippen molar-refractivity contribution in [1.29, 1.82) is 0 Å². The minimum Gasteiger partial charge on any atom is -0.391 e. The molecule has 0 aromatic rings. The van der Waals surface area contributed by atoms with E-state index >= 15 is 0 Å². The second-order valence-corrected chi connectivity index (χ2v) is 17.8. The number of hydrogen-bond donors (Lipinski definition) is 6. The lowest BCUT2D eigenvalue weighted by atomic mass is 9.83. The lowest BCUT2D eigenvalue weighted by molar-refractivity contribution is 0.000274. The smallest absolute Gasteiger partial charge is 0.391 e. The first kappa shape index (κ1) is 49.1.